The van der Waals surface area contributed by atoms with E-state index in [1.54, 1.807) is 61.5 Å². The summed E-state index contributed by atoms with van der Waals surface area (Å²) in [6, 6.07) is 20.4. The number of nitrogens with zero attached hydrogens (tertiary/aromatic N) is 1. The summed E-state index contributed by atoms with van der Waals surface area (Å²) in [5, 5.41) is 3.40. The predicted molar refractivity (Wildman–Crippen MR) is 116 cm³/mol. The number of hydrogen-bond acceptors (Lipinski definition) is 3. The molecular formula is C22H21ClN2O3S. The molecule has 0 unspecified atom stereocenters. The second-order valence-corrected chi connectivity index (χ2v) is 8.94. The quantitative estimate of drug-likeness (QED) is 0.632. The van der Waals surface area contributed by atoms with Crippen molar-refractivity contribution < 1.29 is 13.2 Å². The van der Waals surface area contributed by atoms with Gasteiger partial charge in [-0.1, -0.05) is 54.1 Å². The molecule has 29 heavy (non-hydrogen) atoms. The Labute approximate surface area is 176 Å². The van der Waals surface area contributed by atoms with Crippen LogP contribution in [0.5, 0.6) is 0 Å². The Hall–Kier alpha value is -2.83. The van der Waals surface area contributed by atoms with Gasteiger partial charge in [-0.25, -0.2) is 8.42 Å². The fourth-order valence-electron chi connectivity index (χ4n) is 2.89. The zero-order valence-corrected chi connectivity index (χ0v) is 17.7. The Balaban J connectivity index is 1.84. The SMILES string of the molecule is Cc1ccc(C(=O)NCc2ccccc2Cl)cc1N(C)S(=O)(=O)c1ccccc1. The van der Waals surface area contributed by atoms with Crippen LogP contribution in [0.4, 0.5) is 5.69 Å². The molecule has 3 rings (SSSR count). The van der Waals surface area contributed by atoms with Crippen LogP contribution in [0.1, 0.15) is 21.5 Å². The van der Waals surface area contributed by atoms with Gasteiger partial charge in [-0.15, -0.1) is 0 Å². The second-order valence-electron chi connectivity index (χ2n) is 6.56. The Morgan fingerprint density at radius 2 is 1.66 bits per heavy atom. The molecule has 0 aliphatic rings. The van der Waals surface area contributed by atoms with Crippen molar-refractivity contribution in [3.63, 3.8) is 0 Å². The molecule has 150 valence electrons. The average molecular weight is 429 g/mol. The first-order valence-corrected chi connectivity index (χ1v) is 10.8. The van der Waals surface area contributed by atoms with Crippen LogP contribution in [0.25, 0.3) is 0 Å². The topological polar surface area (TPSA) is 66.5 Å². The number of benzene rings is 3. The van der Waals surface area contributed by atoms with E-state index >= 15 is 0 Å². The smallest absolute Gasteiger partial charge is 0.264 e. The Bertz CT molecular complexity index is 1130. The number of sulfonamides is 1. The average Bonchev–Trinajstić information content (AvgIpc) is 2.73. The van der Waals surface area contributed by atoms with Crippen molar-refractivity contribution in [2.75, 3.05) is 11.4 Å². The summed E-state index contributed by atoms with van der Waals surface area (Å²) in [6.07, 6.45) is 0. The molecule has 0 aliphatic heterocycles. The molecule has 0 fully saturated rings. The predicted octanol–water partition coefficient (Wildman–Crippen LogP) is 4.40. The van der Waals surface area contributed by atoms with Gasteiger partial charge in [-0.05, 0) is 48.4 Å². The molecule has 3 aromatic carbocycles. The summed E-state index contributed by atoms with van der Waals surface area (Å²) in [4.78, 5) is 12.8. The molecule has 0 heterocycles. The first kappa shape index (κ1) is 20.9. The first-order valence-electron chi connectivity index (χ1n) is 8.97. The fraction of sp³-hybridized carbons (Fsp3) is 0.136. The van der Waals surface area contributed by atoms with Crippen molar-refractivity contribution in [2.24, 2.45) is 0 Å². The van der Waals surface area contributed by atoms with Gasteiger partial charge >= 0.3 is 0 Å². The largest absolute Gasteiger partial charge is 0.348 e. The van der Waals surface area contributed by atoms with E-state index in [9.17, 15) is 13.2 Å². The van der Waals surface area contributed by atoms with Gasteiger partial charge in [-0.3, -0.25) is 9.10 Å². The van der Waals surface area contributed by atoms with Crippen LogP contribution in [-0.2, 0) is 16.6 Å². The number of carbonyl (C=O) groups is 1. The Morgan fingerprint density at radius 1 is 1.00 bits per heavy atom. The van der Waals surface area contributed by atoms with E-state index in [0.717, 1.165) is 11.1 Å². The standard InChI is InChI=1S/C22H21ClN2O3S/c1-16-12-13-17(22(26)24-15-18-8-6-7-11-20(18)23)14-21(16)25(2)29(27,28)19-9-4-3-5-10-19/h3-14H,15H2,1-2H3,(H,24,26). The van der Waals surface area contributed by atoms with Crippen molar-refractivity contribution in [1.82, 2.24) is 5.32 Å². The number of anilines is 1. The van der Waals surface area contributed by atoms with E-state index in [-0.39, 0.29) is 17.3 Å². The van der Waals surface area contributed by atoms with Crippen molar-refractivity contribution in [1.29, 1.82) is 0 Å². The van der Waals surface area contributed by atoms with Gasteiger partial charge < -0.3 is 5.32 Å². The molecule has 0 aromatic heterocycles. The second kappa shape index (κ2) is 8.68. The van der Waals surface area contributed by atoms with E-state index in [2.05, 4.69) is 5.32 Å². The lowest BCUT2D eigenvalue weighted by Gasteiger charge is -2.22. The van der Waals surface area contributed by atoms with Crippen LogP contribution >= 0.6 is 11.6 Å². The van der Waals surface area contributed by atoms with Gasteiger partial charge in [-0.2, -0.15) is 0 Å². The highest BCUT2D eigenvalue weighted by Gasteiger charge is 2.23. The van der Waals surface area contributed by atoms with E-state index in [1.807, 2.05) is 18.2 Å². The van der Waals surface area contributed by atoms with E-state index < -0.39 is 10.0 Å². The molecule has 0 saturated heterocycles. The highest BCUT2D eigenvalue weighted by Crippen LogP contribution is 2.26. The van der Waals surface area contributed by atoms with Crippen LogP contribution < -0.4 is 9.62 Å². The Morgan fingerprint density at radius 3 is 2.34 bits per heavy atom. The molecule has 0 aliphatic carbocycles. The molecule has 0 spiro atoms. The molecule has 1 amide bonds. The Kier molecular flexibility index (Phi) is 6.25. The third-order valence-corrected chi connectivity index (χ3v) is 6.76. The highest BCUT2D eigenvalue weighted by atomic mass is 35.5. The molecule has 0 radical (unpaired) electrons. The van der Waals surface area contributed by atoms with Gasteiger partial charge in [0.1, 0.15) is 0 Å². The van der Waals surface area contributed by atoms with E-state index in [4.69, 9.17) is 11.6 Å². The van der Waals surface area contributed by atoms with Gasteiger partial charge in [0.15, 0.2) is 0 Å². The maximum absolute atomic E-state index is 12.9. The van der Waals surface area contributed by atoms with Gasteiger partial charge in [0, 0.05) is 24.2 Å². The van der Waals surface area contributed by atoms with E-state index in [0.29, 0.717) is 16.3 Å². The first-order chi connectivity index (χ1) is 13.8. The minimum Gasteiger partial charge on any atom is -0.348 e. The van der Waals surface area contributed by atoms with Crippen molar-refractivity contribution in [3.8, 4) is 0 Å². The number of halogens is 1. The minimum absolute atomic E-state index is 0.190. The normalized spacial score (nSPS) is 11.1. The number of nitrogens with one attached hydrogen (secondary N) is 1. The number of rotatable bonds is 6. The molecular weight excluding hydrogens is 408 g/mol. The number of hydrogen-bond donors (Lipinski definition) is 1. The van der Waals surface area contributed by atoms with Crippen molar-refractivity contribution >= 4 is 33.2 Å². The summed E-state index contributed by atoms with van der Waals surface area (Å²) in [5.74, 6) is -0.309. The van der Waals surface area contributed by atoms with E-state index in [1.165, 1.54) is 11.4 Å². The van der Waals surface area contributed by atoms with Crippen LogP contribution in [-0.4, -0.2) is 21.4 Å². The highest BCUT2D eigenvalue weighted by molar-refractivity contribution is 7.92. The fourth-order valence-corrected chi connectivity index (χ4v) is 4.36. The summed E-state index contributed by atoms with van der Waals surface area (Å²) in [7, 11) is -2.25. The minimum atomic E-state index is -3.73. The maximum Gasteiger partial charge on any atom is 0.264 e. The van der Waals surface area contributed by atoms with Gasteiger partial charge in [0.05, 0.1) is 10.6 Å². The summed E-state index contributed by atoms with van der Waals surface area (Å²) >= 11 is 6.13. The molecule has 0 atom stereocenters. The third-order valence-electron chi connectivity index (χ3n) is 4.61. The van der Waals surface area contributed by atoms with Gasteiger partial charge in [0.2, 0.25) is 0 Å². The molecule has 0 saturated carbocycles. The van der Waals surface area contributed by atoms with Crippen molar-refractivity contribution in [2.45, 2.75) is 18.4 Å². The summed E-state index contributed by atoms with van der Waals surface area (Å²) in [6.45, 7) is 2.08. The number of carbonyl (C=O) groups excluding carboxylic acids is 1. The zero-order chi connectivity index (χ0) is 21.0. The maximum atomic E-state index is 12.9. The summed E-state index contributed by atoms with van der Waals surface area (Å²) in [5.41, 5.74) is 2.36. The molecule has 5 nitrogen and oxygen atoms in total. The van der Waals surface area contributed by atoms with Crippen molar-refractivity contribution in [3.05, 3.63) is 94.5 Å². The lowest BCUT2D eigenvalue weighted by Crippen LogP contribution is -2.28. The molecule has 7 heteroatoms. The van der Waals surface area contributed by atoms with Crippen LogP contribution in [0.15, 0.2) is 77.7 Å². The monoisotopic (exact) mass is 428 g/mol. The number of amides is 1. The van der Waals surface area contributed by atoms with Crippen LogP contribution in [0, 0.1) is 6.92 Å². The zero-order valence-electron chi connectivity index (χ0n) is 16.1. The van der Waals surface area contributed by atoms with Crippen LogP contribution in [0.2, 0.25) is 5.02 Å². The molecule has 3 aromatic rings. The third kappa shape index (κ3) is 4.60. The number of aryl methyl sites for hydroxylation is 1. The lowest BCUT2D eigenvalue weighted by atomic mass is 10.1. The molecule has 0 bridgehead atoms. The summed E-state index contributed by atoms with van der Waals surface area (Å²) < 4.78 is 27.0. The lowest BCUT2D eigenvalue weighted by molar-refractivity contribution is 0.0951. The van der Waals surface area contributed by atoms with Gasteiger partial charge in [0.25, 0.3) is 15.9 Å². The molecule has 1 N–H and O–H groups in total. The van der Waals surface area contributed by atoms with Crippen LogP contribution in [0.3, 0.4) is 0 Å².